The van der Waals surface area contributed by atoms with Crippen molar-refractivity contribution in [2.24, 2.45) is 0 Å². The number of benzene rings is 1. The lowest BCUT2D eigenvalue weighted by atomic mass is 10.0. The van der Waals surface area contributed by atoms with Gasteiger partial charge in [-0.3, -0.25) is 4.79 Å². The molecule has 2 aromatic heterocycles. The van der Waals surface area contributed by atoms with Crippen molar-refractivity contribution in [2.45, 2.75) is 18.9 Å². The molecule has 4 rings (SSSR count). The minimum absolute atomic E-state index is 0.0387. The SMILES string of the molecule is CN(c1cccnn1)C1CCN(C(=O)c2sc3ccccc3c2Cl)CC1. The van der Waals surface area contributed by atoms with Crippen LogP contribution in [0.15, 0.2) is 42.6 Å². The summed E-state index contributed by atoms with van der Waals surface area (Å²) in [5, 5.41) is 9.65. The fraction of sp³-hybridized carbons (Fsp3) is 0.316. The van der Waals surface area contributed by atoms with Crippen LogP contribution in [0.25, 0.3) is 10.1 Å². The summed E-state index contributed by atoms with van der Waals surface area (Å²) in [7, 11) is 2.04. The molecule has 1 saturated heterocycles. The lowest BCUT2D eigenvalue weighted by Gasteiger charge is -2.37. The molecule has 134 valence electrons. The van der Waals surface area contributed by atoms with Crippen molar-refractivity contribution in [3.05, 3.63) is 52.5 Å². The van der Waals surface area contributed by atoms with Gasteiger partial charge < -0.3 is 9.80 Å². The number of anilines is 1. The van der Waals surface area contributed by atoms with Gasteiger partial charge in [0, 0.05) is 42.5 Å². The van der Waals surface area contributed by atoms with Crippen molar-refractivity contribution in [3.63, 3.8) is 0 Å². The Morgan fingerprint density at radius 1 is 1.23 bits per heavy atom. The molecule has 3 heterocycles. The minimum Gasteiger partial charge on any atom is -0.355 e. The molecule has 1 fully saturated rings. The van der Waals surface area contributed by atoms with Crippen LogP contribution in [0.4, 0.5) is 5.82 Å². The van der Waals surface area contributed by atoms with Crippen LogP contribution in [0.3, 0.4) is 0 Å². The Morgan fingerprint density at radius 2 is 2.00 bits per heavy atom. The molecule has 0 bridgehead atoms. The smallest absolute Gasteiger partial charge is 0.265 e. The topological polar surface area (TPSA) is 49.3 Å². The minimum atomic E-state index is 0.0387. The summed E-state index contributed by atoms with van der Waals surface area (Å²) in [6.07, 6.45) is 3.48. The van der Waals surface area contributed by atoms with E-state index in [4.69, 9.17) is 11.6 Å². The van der Waals surface area contributed by atoms with E-state index in [1.807, 2.05) is 48.3 Å². The van der Waals surface area contributed by atoms with E-state index < -0.39 is 0 Å². The Labute approximate surface area is 161 Å². The highest BCUT2D eigenvalue weighted by Crippen LogP contribution is 2.36. The second-order valence-corrected chi connectivity index (χ2v) is 7.89. The number of nitrogens with zero attached hydrogens (tertiary/aromatic N) is 4. The molecule has 0 N–H and O–H groups in total. The number of hydrogen-bond acceptors (Lipinski definition) is 5. The first-order valence-electron chi connectivity index (χ1n) is 8.62. The molecule has 0 saturated carbocycles. The molecule has 1 amide bonds. The van der Waals surface area contributed by atoms with Gasteiger partial charge >= 0.3 is 0 Å². The maximum atomic E-state index is 13.0. The zero-order chi connectivity index (χ0) is 18.1. The predicted octanol–water partition coefficient (Wildman–Crippen LogP) is 4.09. The lowest BCUT2D eigenvalue weighted by Crippen LogP contribution is -2.45. The molecule has 0 radical (unpaired) electrons. The van der Waals surface area contributed by atoms with Crippen LogP contribution >= 0.6 is 22.9 Å². The highest BCUT2D eigenvalue weighted by atomic mass is 35.5. The summed E-state index contributed by atoms with van der Waals surface area (Å²) >= 11 is 7.95. The maximum absolute atomic E-state index is 13.0. The standard InChI is InChI=1S/C19H19ClN4OS/c1-23(16-7-4-10-21-22-16)13-8-11-24(12-9-13)19(25)18-17(20)14-5-2-3-6-15(14)26-18/h2-7,10,13H,8-9,11-12H2,1H3. The van der Waals surface area contributed by atoms with Gasteiger partial charge in [-0.15, -0.1) is 16.4 Å². The zero-order valence-corrected chi connectivity index (χ0v) is 16.0. The van der Waals surface area contributed by atoms with Gasteiger partial charge in [0.15, 0.2) is 5.82 Å². The first kappa shape index (κ1) is 17.2. The van der Waals surface area contributed by atoms with Crippen LogP contribution in [0.2, 0.25) is 5.02 Å². The van der Waals surface area contributed by atoms with Crippen molar-refractivity contribution in [2.75, 3.05) is 25.0 Å². The molecule has 7 heteroatoms. The number of piperidine rings is 1. The molecule has 0 spiro atoms. The largest absolute Gasteiger partial charge is 0.355 e. The molecule has 0 unspecified atom stereocenters. The average molecular weight is 387 g/mol. The molecule has 26 heavy (non-hydrogen) atoms. The molecule has 1 aliphatic heterocycles. The van der Waals surface area contributed by atoms with Gasteiger partial charge in [0.1, 0.15) is 4.88 Å². The molecule has 0 atom stereocenters. The quantitative estimate of drug-likeness (QED) is 0.680. The average Bonchev–Trinajstić information content (AvgIpc) is 3.04. The molecular formula is C19H19ClN4OS. The summed E-state index contributed by atoms with van der Waals surface area (Å²) in [4.78, 5) is 17.7. The van der Waals surface area contributed by atoms with Crippen LogP contribution in [0.5, 0.6) is 0 Å². The molecule has 3 aromatic rings. The van der Waals surface area contributed by atoms with Crippen molar-refractivity contribution < 1.29 is 4.79 Å². The molecule has 1 aliphatic rings. The number of halogens is 1. The number of carbonyl (C=O) groups is 1. The lowest BCUT2D eigenvalue weighted by molar-refractivity contribution is 0.0718. The molecule has 5 nitrogen and oxygen atoms in total. The third-order valence-corrected chi connectivity index (χ3v) is 6.61. The van der Waals surface area contributed by atoms with Gasteiger partial charge in [-0.1, -0.05) is 29.8 Å². The van der Waals surface area contributed by atoms with E-state index in [0.29, 0.717) is 15.9 Å². The van der Waals surface area contributed by atoms with Crippen molar-refractivity contribution in [1.29, 1.82) is 0 Å². The number of amides is 1. The third-order valence-electron chi connectivity index (χ3n) is 4.95. The Morgan fingerprint density at radius 3 is 2.69 bits per heavy atom. The van der Waals surface area contributed by atoms with E-state index >= 15 is 0 Å². The van der Waals surface area contributed by atoms with E-state index in [0.717, 1.165) is 41.8 Å². The maximum Gasteiger partial charge on any atom is 0.265 e. The van der Waals surface area contributed by atoms with Gasteiger partial charge in [0.25, 0.3) is 5.91 Å². The first-order valence-corrected chi connectivity index (χ1v) is 9.81. The van der Waals surface area contributed by atoms with Gasteiger partial charge in [0.2, 0.25) is 0 Å². The Kier molecular flexibility index (Phi) is 4.78. The number of thiophene rings is 1. The number of rotatable bonds is 3. The number of hydrogen-bond donors (Lipinski definition) is 0. The van der Waals surface area contributed by atoms with Crippen molar-refractivity contribution in [3.8, 4) is 0 Å². The van der Waals surface area contributed by atoms with Gasteiger partial charge in [-0.2, -0.15) is 5.10 Å². The second kappa shape index (κ2) is 7.21. The van der Waals surface area contributed by atoms with Crippen LogP contribution in [0.1, 0.15) is 22.5 Å². The van der Waals surface area contributed by atoms with Crippen LogP contribution in [0, 0.1) is 0 Å². The molecule has 1 aromatic carbocycles. The summed E-state index contributed by atoms with van der Waals surface area (Å²) in [6.45, 7) is 1.44. The van der Waals surface area contributed by atoms with E-state index in [-0.39, 0.29) is 5.91 Å². The Balaban J connectivity index is 1.46. The fourth-order valence-electron chi connectivity index (χ4n) is 3.42. The van der Waals surface area contributed by atoms with E-state index in [1.165, 1.54) is 11.3 Å². The normalized spacial score (nSPS) is 15.4. The summed E-state index contributed by atoms with van der Waals surface area (Å²) in [5.41, 5.74) is 0. The molecule has 0 aliphatic carbocycles. The fourth-order valence-corrected chi connectivity index (χ4v) is 4.90. The van der Waals surface area contributed by atoms with Crippen LogP contribution in [-0.4, -0.2) is 47.2 Å². The predicted molar refractivity (Wildman–Crippen MR) is 106 cm³/mol. The summed E-state index contributed by atoms with van der Waals surface area (Å²) < 4.78 is 1.05. The highest BCUT2D eigenvalue weighted by Gasteiger charge is 2.28. The Bertz CT molecular complexity index is 922. The summed E-state index contributed by atoms with van der Waals surface area (Å²) in [6, 6.07) is 12.1. The third kappa shape index (κ3) is 3.15. The van der Waals surface area contributed by atoms with Crippen molar-refractivity contribution >= 4 is 44.7 Å². The second-order valence-electron chi connectivity index (χ2n) is 6.46. The van der Waals surface area contributed by atoms with E-state index in [1.54, 1.807) is 6.20 Å². The molecular weight excluding hydrogens is 368 g/mol. The highest BCUT2D eigenvalue weighted by molar-refractivity contribution is 7.21. The number of aromatic nitrogens is 2. The van der Waals surface area contributed by atoms with E-state index in [9.17, 15) is 4.79 Å². The summed E-state index contributed by atoms with van der Waals surface area (Å²) in [5.74, 6) is 0.904. The number of carbonyl (C=O) groups excluding carboxylic acids is 1. The van der Waals surface area contributed by atoms with E-state index in [2.05, 4.69) is 15.1 Å². The number of fused-ring (bicyclic) bond motifs is 1. The van der Waals surface area contributed by atoms with Gasteiger partial charge in [-0.05, 0) is 31.0 Å². The van der Waals surface area contributed by atoms with Crippen molar-refractivity contribution in [1.82, 2.24) is 15.1 Å². The van der Waals surface area contributed by atoms with Crippen LogP contribution in [-0.2, 0) is 0 Å². The zero-order valence-electron chi connectivity index (χ0n) is 14.4. The van der Waals surface area contributed by atoms with Gasteiger partial charge in [0.05, 0.1) is 5.02 Å². The Hall–Kier alpha value is -2.18. The number of likely N-dealkylation sites (tertiary alicyclic amines) is 1. The van der Waals surface area contributed by atoms with Crippen LogP contribution < -0.4 is 4.90 Å². The monoisotopic (exact) mass is 386 g/mol. The van der Waals surface area contributed by atoms with Gasteiger partial charge in [-0.25, -0.2) is 0 Å². The first-order chi connectivity index (χ1) is 12.6.